The van der Waals surface area contributed by atoms with Crippen LogP contribution in [0.1, 0.15) is 25.0 Å². The Morgan fingerprint density at radius 2 is 1.13 bits per heavy atom. The van der Waals surface area contributed by atoms with E-state index in [1.54, 1.807) is 0 Å². The van der Waals surface area contributed by atoms with E-state index in [-0.39, 0.29) is 0 Å². The van der Waals surface area contributed by atoms with Gasteiger partial charge in [-0.05, 0) is 101 Å². The van der Waals surface area contributed by atoms with Crippen LogP contribution in [0.4, 0.5) is 22.7 Å². The minimum Gasteiger partial charge on any atom is -0.355 e. The Labute approximate surface area is 307 Å². The van der Waals surface area contributed by atoms with E-state index in [2.05, 4.69) is 192 Å². The first-order chi connectivity index (χ1) is 25.6. The normalized spacial score (nSPS) is 14.5. The molecule has 3 nitrogen and oxygen atoms in total. The summed E-state index contributed by atoms with van der Waals surface area (Å²) >= 11 is 0. The predicted molar refractivity (Wildman–Crippen MR) is 225 cm³/mol. The molecule has 0 fully saturated rings. The van der Waals surface area contributed by atoms with Gasteiger partial charge in [-0.15, -0.1) is 0 Å². The van der Waals surface area contributed by atoms with Crippen LogP contribution >= 0.6 is 0 Å². The van der Waals surface area contributed by atoms with Crippen molar-refractivity contribution in [1.29, 1.82) is 0 Å². The third-order valence-corrected chi connectivity index (χ3v) is 9.30. The quantitative estimate of drug-likeness (QED) is 0.202. The maximum absolute atomic E-state index is 4.38. The molecule has 52 heavy (non-hydrogen) atoms. The van der Waals surface area contributed by atoms with Crippen LogP contribution in [-0.4, -0.2) is 4.98 Å². The van der Waals surface area contributed by atoms with Gasteiger partial charge < -0.3 is 14.8 Å². The van der Waals surface area contributed by atoms with Gasteiger partial charge in [-0.2, -0.15) is 0 Å². The Morgan fingerprint density at radius 1 is 0.558 bits per heavy atom. The van der Waals surface area contributed by atoms with Crippen LogP contribution in [0.2, 0.25) is 0 Å². The fourth-order valence-corrected chi connectivity index (χ4v) is 6.85. The molecule has 0 atom stereocenters. The second kappa shape index (κ2) is 15.5. The molecule has 2 aliphatic rings. The van der Waals surface area contributed by atoms with Crippen LogP contribution in [0.15, 0.2) is 201 Å². The summed E-state index contributed by atoms with van der Waals surface area (Å²) in [6.45, 7) is 12.7. The second-order valence-electron chi connectivity index (χ2n) is 12.5. The van der Waals surface area contributed by atoms with Gasteiger partial charge in [0.05, 0.1) is 5.69 Å². The minimum atomic E-state index is 0.860. The average molecular weight is 674 g/mol. The molecular formula is C49H43N3. The van der Waals surface area contributed by atoms with E-state index in [0.29, 0.717) is 0 Å². The summed E-state index contributed by atoms with van der Waals surface area (Å²) in [5.74, 6) is 0. The highest BCUT2D eigenvalue weighted by Gasteiger charge is 2.19. The Bertz CT molecular complexity index is 2390. The smallest absolute Gasteiger partial charge is 0.0534 e. The lowest BCUT2D eigenvalue weighted by Crippen LogP contribution is -2.14. The van der Waals surface area contributed by atoms with E-state index >= 15 is 0 Å². The van der Waals surface area contributed by atoms with Crippen molar-refractivity contribution in [3.63, 3.8) is 0 Å². The van der Waals surface area contributed by atoms with Gasteiger partial charge >= 0.3 is 0 Å². The molecule has 254 valence electrons. The summed E-state index contributed by atoms with van der Waals surface area (Å²) in [6.07, 6.45) is 13.5. The van der Waals surface area contributed by atoms with Crippen molar-refractivity contribution < 1.29 is 0 Å². The molecular weight excluding hydrogens is 631 g/mol. The number of para-hydroxylation sites is 4. The molecule has 6 aromatic carbocycles. The van der Waals surface area contributed by atoms with E-state index in [1.807, 2.05) is 32.1 Å². The van der Waals surface area contributed by atoms with Crippen LogP contribution in [0, 0.1) is 0 Å². The summed E-state index contributed by atoms with van der Waals surface area (Å²) in [6, 6.07) is 51.1. The van der Waals surface area contributed by atoms with E-state index in [9.17, 15) is 0 Å². The number of aromatic amines is 1. The fraction of sp³-hybridized carbons (Fsp3) is 0.0612. The van der Waals surface area contributed by atoms with E-state index in [4.69, 9.17) is 0 Å². The SMILES string of the molecule is C=C1/C=C\C=C/N(c2ccccc2)c2ccc(-c3ccc4c(c3)CC=CC(=C)N4c3ccccc3)cc21.CC.c1ccc2c(c1)[nH]c1ccccc12. The maximum atomic E-state index is 4.38. The monoisotopic (exact) mass is 673 g/mol. The molecule has 0 saturated heterocycles. The van der Waals surface area contributed by atoms with Gasteiger partial charge in [0.1, 0.15) is 0 Å². The molecule has 3 heterocycles. The van der Waals surface area contributed by atoms with Gasteiger partial charge in [-0.25, -0.2) is 0 Å². The van der Waals surface area contributed by atoms with Crippen LogP contribution < -0.4 is 9.80 Å². The van der Waals surface area contributed by atoms with Gasteiger partial charge in [0.2, 0.25) is 0 Å². The van der Waals surface area contributed by atoms with Crippen LogP contribution in [0.3, 0.4) is 0 Å². The third-order valence-electron chi connectivity index (χ3n) is 9.30. The fourth-order valence-electron chi connectivity index (χ4n) is 6.85. The van der Waals surface area contributed by atoms with Gasteiger partial charge in [0.15, 0.2) is 0 Å². The molecule has 9 rings (SSSR count). The highest BCUT2D eigenvalue weighted by atomic mass is 15.1. The van der Waals surface area contributed by atoms with Crippen molar-refractivity contribution in [3.8, 4) is 11.1 Å². The Hall–Kier alpha value is -6.58. The highest BCUT2D eigenvalue weighted by molar-refractivity contribution is 6.07. The van der Waals surface area contributed by atoms with Crippen molar-refractivity contribution in [1.82, 2.24) is 4.98 Å². The zero-order chi connectivity index (χ0) is 35.9. The summed E-state index contributed by atoms with van der Waals surface area (Å²) in [5.41, 5.74) is 13.7. The Kier molecular flexibility index (Phi) is 10.1. The Morgan fingerprint density at radius 3 is 1.81 bits per heavy atom. The van der Waals surface area contributed by atoms with Gasteiger partial charge in [0, 0.05) is 56.3 Å². The maximum Gasteiger partial charge on any atom is 0.0534 e. The minimum absolute atomic E-state index is 0.860. The molecule has 0 spiro atoms. The van der Waals surface area contributed by atoms with Crippen LogP contribution in [0.5, 0.6) is 0 Å². The number of hydrogen-bond acceptors (Lipinski definition) is 2. The molecule has 1 N–H and O–H groups in total. The van der Waals surface area contributed by atoms with E-state index in [0.717, 1.165) is 40.3 Å². The number of allylic oxidation sites excluding steroid dienone is 6. The number of benzene rings is 6. The number of hydrogen-bond donors (Lipinski definition) is 1. The summed E-state index contributed by atoms with van der Waals surface area (Å²) in [5, 5.41) is 2.61. The van der Waals surface area contributed by atoms with Crippen molar-refractivity contribution >= 4 is 50.1 Å². The number of H-pyrrole nitrogens is 1. The standard InChI is InChI=1S/C35H28N2.C12H9N.C2H6/c1-26-12-9-10-23-36(31-15-5-3-6-16-31)35-22-20-29(25-33(26)35)28-19-21-34-30(24-28)14-11-13-27(2)37(34)32-17-7-4-8-18-32;1-3-7-11-9(5-1)10-6-2-4-8-12(10)13-11;1-2/h3-13,15-25H,1-2,14H2;1-8,13H;1-2H3/b12-9-,23-10-;;. The van der Waals surface area contributed by atoms with Crippen LogP contribution in [-0.2, 0) is 6.42 Å². The van der Waals surface area contributed by atoms with Gasteiger partial charge in [-0.3, -0.25) is 0 Å². The summed E-state index contributed by atoms with van der Waals surface area (Å²) in [4.78, 5) is 7.84. The Balaban J connectivity index is 0.000000232. The molecule has 3 heteroatoms. The molecule has 2 aliphatic heterocycles. The zero-order valence-electron chi connectivity index (χ0n) is 29.8. The van der Waals surface area contributed by atoms with Gasteiger partial charge in [-0.1, -0.05) is 130 Å². The lowest BCUT2D eigenvalue weighted by molar-refractivity contribution is 1.20. The zero-order valence-corrected chi connectivity index (χ0v) is 29.8. The number of nitrogens with one attached hydrogen (secondary N) is 1. The molecule has 7 aromatic rings. The first-order valence-corrected chi connectivity index (χ1v) is 18.0. The number of nitrogens with zero attached hydrogens (tertiary/aromatic N) is 2. The van der Waals surface area contributed by atoms with Gasteiger partial charge in [0.25, 0.3) is 0 Å². The molecule has 0 unspecified atom stereocenters. The number of anilines is 4. The van der Waals surface area contributed by atoms with Crippen molar-refractivity contribution in [3.05, 3.63) is 212 Å². The molecule has 0 bridgehead atoms. The predicted octanol–water partition coefficient (Wildman–Crippen LogP) is 13.7. The van der Waals surface area contributed by atoms with Crippen molar-refractivity contribution in [2.24, 2.45) is 0 Å². The number of fused-ring (bicyclic) bond motifs is 5. The molecule has 1 aromatic heterocycles. The number of aromatic nitrogens is 1. The second-order valence-corrected chi connectivity index (χ2v) is 12.5. The topological polar surface area (TPSA) is 22.3 Å². The summed E-state index contributed by atoms with van der Waals surface area (Å²) < 4.78 is 0. The average Bonchev–Trinajstić information content (AvgIpc) is 3.49. The summed E-state index contributed by atoms with van der Waals surface area (Å²) in [7, 11) is 0. The first-order valence-electron chi connectivity index (χ1n) is 18.0. The molecule has 0 saturated carbocycles. The first kappa shape index (κ1) is 33.9. The largest absolute Gasteiger partial charge is 0.355 e. The third kappa shape index (κ3) is 6.90. The lowest BCUT2D eigenvalue weighted by atomic mass is 9.94. The molecule has 0 radical (unpaired) electrons. The van der Waals surface area contributed by atoms with Crippen molar-refractivity contribution in [2.75, 3.05) is 9.80 Å². The van der Waals surface area contributed by atoms with Crippen molar-refractivity contribution in [2.45, 2.75) is 20.3 Å². The highest BCUT2D eigenvalue weighted by Crippen LogP contribution is 2.40. The molecule has 0 aliphatic carbocycles. The lowest BCUT2D eigenvalue weighted by Gasteiger charge is -2.27. The molecule has 0 amide bonds. The van der Waals surface area contributed by atoms with Crippen LogP contribution in [0.25, 0.3) is 38.5 Å². The number of rotatable bonds is 3. The van der Waals surface area contributed by atoms with E-state index in [1.165, 1.54) is 44.2 Å². The van der Waals surface area contributed by atoms with E-state index < -0.39 is 0 Å².